The summed E-state index contributed by atoms with van der Waals surface area (Å²) < 4.78 is 29.5. The van der Waals surface area contributed by atoms with Gasteiger partial charge in [0.2, 0.25) is 11.8 Å². The molecule has 9 heteroatoms. The SMILES string of the molecule is Cc1ccc(N(CC(=O)N(Cc2ccccc2)[C@H](Cc2ccccc2)C(=O)NC(C)(C)C)S(=O)(=O)c2ccc(Cl)cc2)cc1C. The summed E-state index contributed by atoms with van der Waals surface area (Å²) in [6, 6.07) is 29.1. The van der Waals surface area contributed by atoms with E-state index >= 15 is 0 Å². The normalized spacial score (nSPS) is 12.3. The van der Waals surface area contributed by atoms with Gasteiger partial charge in [0, 0.05) is 23.5 Å². The first-order chi connectivity index (χ1) is 21.2. The Hall–Kier alpha value is -4.14. The molecular formula is C36H40ClN3O4S. The average molecular weight is 646 g/mol. The fraction of sp³-hybridized carbons (Fsp3) is 0.278. The first kappa shape index (κ1) is 33.7. The Kier molecular flexibility index (Phi) is 10.7. The molecule has 0 fully saturated rings. The lowest BCUT2D eigenvalue weighted by atomic mass is 10.0. The van der Waals surface area contributed by atoms with Gasteiger partial charge in [0.25, 0.3) is 10.0 Å². The number of carbonyl (C=O) groups excluding carboxylic acids is 2. The molecule has 0 aliphatic heterocycles. The van der Waals surface area contributed by atoms with Gasteiger partial charge in [-0.2, -0.15) is 0 Å². The van der Waals surface area contributed by atoms with E-state index in [4.69, 9.17) is 11.6 Å². The molecule has 1 atom stereocenters. The lowest BCUT2D eigenvalue weighted by Gasteiger charge is -2.35. The lowest BCUT2D eigenvalue weighted by molar-refractivity contribution is -0.140. The Morgan fingerprint density at radius 1 is 0.800 bits per heavy atom. The molecule has 7 nitrogen and oxygen atoms in total. The number of carbonyl (C=O) groups is 2. The summed E-state index contributed by atoms with van der Waals surface area (Å²) in [6.07, 6.45) is 0.245. The maximum absolute atomic E-state index is 14.5. The molecule has 0 radical (unpaired) electrons. The molecule has 4 rings (SSSR count). The van der Waals surface area contributed by atoms with Gasteiger partial charge in [-0.15, -0.1) is 0 Å². The van der Waals surface area contributed by atoms with Gasteiger partial charge in [-0.1, -0.05) is 78.3 Å². The van der Waals surface area contributed by atoms with Crippen molar-refractivity contribution in [1.29, 1.82) is 0 Å². The second kappa shape index (κ2) is 14.3. The summed E-state index contributed by atoms with van der Waals surface area (Å²) >= 11 is 6.07. The predicted octanol–water partition coefficient (Wildman–Crippen LogP) is 6.71. The van der Waals surface area contributed by atoms with Crippen LogP contribution in [-0.2, 0) is 32.6 Å². The van der Waals surface area contributed by atoms with Crippen molar-refractivity contribution in [1.82, 2.24) is 10.2 Å². The van der Waals surface area contributed by atoms with Crippen molar-refractivity contribution < 1.29 is 18.0 Å². The molecule has 0 saturated carbocycles. The van der Waals surface area contributed by atoms with Crippen LogP contribution in [0.3, 0.4) is 0 Å². The highest BCUT2D eigenvalue weighted by atomic mass is 35.5. The molecule has 236 valence electrons. The molecule has 4 aromatic rings. The van der Waals surface area contributed by atoms with E-state index in [1.165, 1.54) is 29.2 Å². The van der Waals surface area contributed by atoms with Crippen LogP contribution in [-0.4, -0.2) is 43.3 Å². The van der Waals surface area contributed by atoms with Crippen LogP contribution in [0.25, 0.3) is 0 Å². The summed E-state index contributed by atoms with van der Waals surface area (Å²) in [5.41, 5.74) is 3.34. The van der Waals surface area contributed by atoms with Crippen molar-refractivity contribution in [3.05, 3.63) is 130 Å². The van der Waals surface area contributed by atoms with Crippen LogP contribution < -0.4 is 9.62 Å². The number of nitrogens with one attached hydrogen (secondary N) is 1. The van der Waals surface area contributed by atoms with Gasteiger partial charge < -0.3 is 10.2 Å². The van der Waals surface area contributed by atoms with Gasteiger partial charge >= 0.3 is 0 Å². The Morgan fingerprint density at radius 2 is 1.38 bits per heavy atom. The van der Waals surface area contributed by atoms with Crippen LogP contribution in [0.5, 0.6) is 0 Å². The van der Waals surface area contributed by atoms with E-state index < -0.39 is 34.1 Å². The van der Waals surface area contributed by atoms with Crippen molar-refractivity contribution in [3.8, 4) is 0 Å². The van der Waals surface area contributed by atoms with E-state index in [2.05, 4.69) is 5.32 Å². The monoisotopic (exact) mass is 645 g/mol. The second-order valence-electron chi connectivity index (χ2n) is 12.2. The molecule has 2 amide bonds. The number of hydrogen-bond acceptors (Lipinski definition) is 4. The molecule has 0 spiro atoms. The number of halogens is 1. The number of anilines is 1. The van der Waals surface area contributed by atoms with Crippen LogP contribution in [0.1, 0.15) is 43.0 Å². The second-order valence-corrected chi connectivity index (χ2v) is 14.5. The molecule has 1 N–H and O–H groups in total. The summed E-state index contributed by atoms with van der Waals surface area (Å²) in [6.45, 7) is 9.06. The number of amides is 2. The van der Waals surface area contributed by atoms with Gasteiger partial charge in [0.05, 0.1) is 10.6 Å². The largest absolute Gasteiger partial charge is 0.350 e. The zero-order chi connectivity index (χ0) is 32.8. The minimum absolute atomic E-state index is 0.00107. The topological polar surface area (TPSA) is 86.8 Å². The standard InChI is InChI=1S/C36H40ClN3O4S/c1-26-16-19-31(22-27(26)2)40(45(43,44)32-20-17-30(37)18-21-32)25-34(41)39(24-29-14-10-7-11-15-29)33(35(42)38-36(3,4)5)23-28-12-8-6-9-13-28/h6-22,33H,23-25H2,1-5H3,(H,38,42)/t33-/m1/s1. The van der Waals surface area contributed by atoms with E-state index in [-0.39, 0.29) is 23.8 Å². The van der Waals surface area contributed by atoms with Gasteiger partial charge in [0.1, 0.15) is 12.6 Å². The summed E-state index contributed by atoms with van der Waals surface area (Å²) in [7, 11) is -4.21. The summed E-state index contributed by atoms with van der Waals surface area (Å²) in [5, 5.41) is 3.44. The number of hydrogen-bond donors (Lipinski definition) is 1. The zero-order valence-electron chi connectivity index (χ0n) is 26.3. The predicted molar refractivity (Wildman–Crippen MR) is 181 cm³/mol. The Bertz CT molecular complexity index is 1720. The molecule has 0 aliphatic carbocycles. The van der Waals surface area contributed by atoms with E-state index in [1.807, 2.05) is 101 Å². The van der Waals surface area contributed by atoms with Crippen LogP contribution in [0, 0.1) is 13.8 Å². The van der Waals surface area contributed by atoms with Crippen molar-refractivity contribution in [2.45, 2.75) is 64.1 Å². The molecule has 0 saturated heterocycles. The van der Waals surface area contributed by atoms with Crippen LogP contribution >= 0.6 is 11.6 Å². The smallest absolute Gasteiger partial charge is 0.264 e. The molecule has 0 heterocycles. The van der Waals surface area contributed by atoms with Crippen LogP contribution in [0.2, 0.25) is 5.02 Å². The minimum Gasteiger partial charge on any atom is -0.350 e. The molecule has 0 unspecified atom stereocenters. The van der Waals surface area contributed by atoms with Gasteiger partial charge in [-0.25, -0.2) is 8.42 Å². The summed E-state index contributed by atoms with van der Waals surface area (Å²) in [5.74, 6) is -0.839. The fourth-order valence-corrected chi connectivity index (χ4v) is 6.46. The van der Waals surface area contributed by atoms with Crippen LogP contribution in [0.15, 0.2) is 108 Å². The number of nitrogens with zero attached hydrogens (tertiary/aromatic N) is 2. The third kappa shape index (κ3) is 8.96. The van der Waals surface area contributed by atoms with E-state index in [1.54, 1.807) is 12.1 Å². The maximum atomic E-state index is 14.5. The zero-order valence-corrected chi connectivity index (χ0v) is 27.9. The average Bonchev–Trinajstić information content (AvgIpc) is 2.99. The van der Waals surface area contributed by atoms with Crippen molar-refractivity contribution in [2.75, 3.05) is 10.8 Å². The third-order valence-corrected chi connectivity index (χ3v) is 9.46. The molecule has 0 bridgehead atoms. The number of benzene rings is 4. The molecule has 0 aliphatic rings. The van der Waals surface area contributed by atoms with Crippen molar-refractivity contribution in [3.63, 3.8) is 0 Å². The molecular weight excluding hydrogens is 606 g/mol. The van der Waals surface area contributed by atoms with Gasteiger partial charge in [-0.3, -0.25) is 13.9 Å². The Balaban J connectivity index is 1.82. The first-order valence-corrected chi connectivity index (χ1v) is 16.6. The third-order valence-electron chi connectivity index (χ3n) is 7.42. The van der Waals surface area contributed by atoms with E-state index in [0.29, 0.717) is 10.7 Å². The minimum atomic E-state index is -4.21. The highest BCUT2D eigenvalue weighted by molar-refractivity contribution is 7.92. The Morgan fingerprint density at radius 3 is 1.93 bits per heavy atom. The fourth-order valence-electron chi connectivity index (χ4n) is 4.93. The highest BCUT2D eigenvalue weighted by Crippen LogP contribution is 2.28. The number of sulfonamides is 1. The number of rotatable bonds is 11. The molecule has 0 aromatic heterocycles. The van der Waals surface area contributed by atoms with Crippen molar-refractivity contribution >= 4 is 39.1 Å². The quantitative estimate of drug-likeness (QED) is 0.197. The number of aryl methyl sites for hydroxylation is 2. The van der Waals surface area contributed by atoms with E-state index in [0.717, 1.165) is 26.6 Å². The van der Waals surface area contributed by atoms with E-state index in [9.17, 15) is 18.0 Å². The van der Waals surface area contributed by atoms with Gasteiger partial charge in [-0.05, 0) is 93.3 Å². The van der Waals surface area contributed by atoms with Gasteiger partial charge in [0.15, 0.2) is 0 Å². The van der Waals surface area contributed by atoms with Crippen molar-refractivity contribution in [2.24, 2.45) is 0 Å². The molecule has 4 aromatic carbocycles. The lowest BCUT2D eigenvalue weighted by Crippen LogP contribution is -2.56. The Labute approximate surface area is 271 Å². The molecule has 45 heavy (non-hydrogen) atoms. The maximum Gasteiger partial charge on any atom is 0.264 e. The first-order valence-electron chi connectivity index (χ1n) is 14.8. The highest BCUT2D eigenvalue weighted by Gasteiger charge is 2.35. The van der Waals surface area contributed by atoms with Crippen LogP contribution in [0.4, 0.5) is 5.69 Å². The summed E-state index contributed by atoms with van der Waals surface area (Å²) in [4.78, 5) is 30.0.